The van der Waals surface area contributed by atoms with Crippen molar-refractivity contribution in [2.24, 2.45) is 13.0 Å². The monoisotopic (exact) mass is 309 g/mol. The molecular weight excluding hydrogens is 282 g/mol. The number of hydrogen-bond acceptors (Lipinski definition) is 4. The van der Waals surface area contributed by atoms with Crippen LogP contribution in [0.25, 0.3) is 0 Å². The summed E-state index contributed by atoms with van der Waals surface area (Å²) in [6.07, 6.45) is 7.40. The summed E-state index contributed by atoms with van der Waals surface area (Å²) in [7, 11) is 2.01. The smallest absolute Gasteiger partial charge is 0.0939 e. The van der Waals surface area contributed by atoms with Crippen LogP contribution in [0, 0.1) is 12.8 Å². The number of aromatic nitrogens is 2. The molecule has 2 fully saturated rings. The van der Waals surface area contributed by atoms with Gasteiger partial charge >= 0.3 is 0 Å². The van der Waals surface area contributed by atoms with Crippen LogP contribution >= 0.6 is 11.8 Å². The van der Waals surface area contributed by atoms with Gasteiger partial charge in [-0.2, -0.15) is 5.10 Å². The molecule has 2 atom stereocenters. The molecular formula is C16H27N3OS. The topological polar surface area (TPSA) is 50.1 Å². The van der Waals surface area contributed by atoms with E-state index >= 15 is 0 Å². The van der Waals surface area contributed by atoms with Crippen molar-refractivity contribution in [1.82, 2.24) is 15.1 Å². The summed E-state index contributed by atoms with van der Waals surface area (Å²) in [6, 6.07) is 2.83. The third kappa shape index (κ3) is 3.46. The summed E-state index contributed by atoms with van der Waals surface area (Å²) in [5, 5.41) is 19.3. The van der Waals surface area contributed by atoms with Gasteiger partial charge in [-0.05, 0) is 56.8 Å². The number of thioether (sulfide) groups is 1. The van der Waals surface area contributed by atoms with E-state index in [1.54, 1.807) is 0 Å². The van der Waals surface area contributed by atoms with Crippen LogP contribution in [0.1, 0.15) is 44.2 Å². The van der Waals surface area contributed by atoms with Crippen LogP contribution in [-0.2, 0) is 7.05 Å². The second-order valence-corrected chi connectivity index (χ2v) is 7.82. The van der Waals surface area contributed by atoms with E-state index in [2.05, 4.69) is 16.5 Å². The Labute approximate surface area is 131 Å². The van der Waals surface area contributed by atoms with E-state index in [0.717, 1.165) is 17.9 Å². The van der Waals surface area contributed by atoms with Crippen molar-refractivity contribution in [1.29, 1.82) is 0 Å². The summed E-state index contributed by atoms with van der Waals surface area (Å²) in [5.41, 5.74) is 1.09. The maximum absolute atomic E-state index is 9.94. The zero-order chi connectivity index (χ0) is 14.9. The first-order valence-corrected chi connectivity index (χ1v) is 9.13. The largest absolute Gasteiger partial charge is 0.394 e. The van der Waals surface area contributed by atoms with E-state index < -0.39 is 0 Å². The Balaban J connectivity index is 1.54. The fourth-order valence-corrected chi connectivity index (χ4v) is 4.76. The number of rotatable bonds is 7. The van der Waals surface area contributed by atoms with Gasteiger partial charge in [0.05, 0.1) is 17.3 Å². The summed E-state index contributed by atoms with van der Waals surface area (Å²) < 4.78 is 1.97. The highest BCUT2D eigenvalue weighted by Crippen LogP contribution is 2.41. The Bertz CT molecular complexity index is 486. The van der Waals surface area contributed by atoms with Crippen molar-refractivity contribution in [2.75, 3.05) is 12.4 Å². The lowest BCUT2D eigenvalue weighted by atomic mass is 9.85. The molecule has 21 heavy (non-hydrogen) atoms. The molecule has 0 radical (unpaired) electrons. The Hall–Kier alpha value is -0.520. The average molecular weight is 309 g/mol. The third-order valence-electron chi connectivity index (χ3n) is 4.98. The number of aliphatic hydroxyl groups excluding tert-OH is 1. The Kier molecular flexibility index (Phi) is 4.62. The van der Waals surface area contributed by atoms with Crippen molar-refractivity contribution in [3.05, 3.63) is 11.8 Å². The zero-order valence-electron chi connectivity index (χ0n) is 13.1. The van der Waals surface area contributed by atoms with Crippen LogP contribution in [-0.4, -0.2) is 38.8 Å². The molecule has 0 bridgehead atoms. The first-order valence-electron chi connectivity index (χ1n) is 8.15. The van der Waals surface area contributed by atoms with Crippen molar-refractivity contribution in [2.45, 2.75) is 62.1 Å². The lowest BCUT2D eigenvalue weighted by molar-refractivity contribution is 0.120. The van der Waals surface area contributed by atoms with Gasteiger partial charge in [-0.15, -0.1) is 11.8 Å². The molecule has 0 spiro atoms. The van der Waals surface area contributed by atoms with Gasteiger partial charge in [0.25, 0.3) is 0 Å². The number of nitrogens with zero attached hydrogens (tertiary/aromatic N) is 2. The first-order chi connectivity index (χ1) is 10.1. The van der Waals surface area contributed by atoms with Gasteiger partial charge in [-0.1, -0.05) is 6.42 Å². The van der Waals surface area contributed by atoms with Crippen LogP contribution in [0.3, 0.4) is 0 Å². The van der Waals surface area contributed by atoms with E-state index in [1.165, 1.54) is 37.1 Å². The van der Waals surface area contributed by atoms with Crippen LogP contribution in [0.2, 0.25) is 0 Å². The quantitative estimate of drug-likeness (QED) is 0.760. The molecule has 0 aromatic carbocycles. The van der Waals surface area contributed by atoms with Gasteiger partial charge < -0.3 is 10.4 Å². The van der Waals surface area contributed by atoms with E-state index in [-0.39, 0.29) is 5.54 Å². The molecule has 1 aromatic rings. The maximum Gasteiger partial charge on any atom is 0.0939 e. The van der Waals surface area contributed by atoms with Gasteiger partial charge in [-0.25, -0.2) is 0 Å². The summed E-state index contributed by atoms with van der Waals surface area (Å²) in [6.45, 7) is 2.33. The van der Waals surface area contributed by atoms with Crippen molar-refractivity contribution < 1.29 is 5.11 Å². The highest BCUT2D eigenvalue weighted by atomic mass is 32.2. The lowest BCUT2D eigenvalue weighted by Gasteiger charge is -2.35. The molecule has 5 heteroatoms. The summed E-state index contributed by atoms with van der Waals surface area (Å²) >= 11 is 1.89. The second kappa shape index (κ2) is 6.31. The van der Waals surface area contributed by atoms with Gasteiger partial charge in [0.15, 0.2) is 0 Å². The normalized spacial score (nSPS) is 29.2. The van der Waals surface area contributed by atoms with Gasteiger partial charge in [-0.3, -0.25) is 4.68 Å². The number of hydrogen-bond donors (Lipinski definition) is 2. The minimum Gasteiger partial charge on any atom is -0.394 e. The minimum absolute atomic E-state index is 0.00407. The Morgan fingerprint density at radius 3 is 2.90 bits per heavy atom. The molecule has 0 saturated heterocycles. The first kappa shape index (κ1) is 15.4. The van der Waals surface area contributed by atoms with Crippen molar-refractivity contribution in [3.63, 3.8) is 0 Å². The van der Waals surface area contributed by atoms with Crippen LogP contribution in [0.4, 0.5) is 0 Å². The number of aliphatic hydroxyl groups is 1. The van der Waals surface area contributed by atoms with E-state index in [4.69, 9.17) is 0 Å². The van der Waals surface area contributed by atoms with E-state index in [1.807, 2.05) is 30.4 Å². The lowest BCUT2D eigenvalue weighted by Crippen LogP contribution is -2.52. The molecule has 118 valence electrons. The second-order valence-electron chi connectivity index (χ2n) is 6.71. The molecule has 2 unspecified atom stereocenters. The highest BCUT2D eigenvalue weighted by Gasteiger charge is 2.44. The highest BCUT2D eigenvalue weighted by molar-refractivity contribution is 7.99. The molecule has 2 aliphatic rings. The van der Waals surface area contributed by atoms with Crippen LogP contribution < -0.4 is 5.32 Å². The predicted molar refractivity (Wildman–Crippen MR) is 86.6 cm³/mol. The molecule has 1 aromatic heterocycles. The number of nitrogens with one attached hydrogen (secondary N) is 1. The molecule has 0 aliphatic heterocycles. The molecule has 3 rings (SSSR count). The Morgan fingerprint density at radius 1 is 1.48 bits per heavy atom. The molecule has 2 aliphatic carbocycles. The predicted octanol–water partition coefficient (Wildman–Crippen LogP) is 2.49. The molecule has 2 N–H and O–H groups in total. The third-order valence-corrected chi connectivity index (χ3v) is 6.10. The molecule has 1 heterocycles. The van der Waals surface area contributed by atoms with Gasteiger partial charge in [0, 0.05) is 18.6 Å². The summed E-state index contributed by atoms with van der Waals surface area (Å²) in [4.78, 5) is 0. The van der Waals surface area contributed by atoms with Crippen LogP contribution in [0.5, 0.6) is 0 Å². The average Bonchev–Trinajstić information content (AvgIpc) is 3.08. The maximum atomic E-state index is 9.94. The van der Waals surface area contributed by atoms with Crippen molar-refractivity contribution >= 4 is 11.8 Å². The zero-order valence-corrected chi connectivity index (χ0v) is 14.0. The summed E-state index contributed by atoms with van der Waals surface area (Å²) in [5.74, 6) is 1.72. The number of aryl methyl sites for hydroxylation is 2. The van der Waals surface area contributed by atoms with Crippen molar-refractivity contribution in [3.8, 4) is 0 Å². The fourth-order valence-electron chi connectivity index (χ4n) is 3.67. The van der Waals surface area contributed by atoms with E-state index in [9.17, 15) is 5.11 Å². The van der Waals surface area contributed by atoms with Gasteiger partial charge in [0.2, 0.25) is 0 Å². The van der Waals surface area contributed by atoms with Gasteiger partial charge in [0.1, 0.15) is 0 Å². The molecule has 0 amide bonds. The molecule has 4 nitrogen and oxygen atoms in total. The molecule has 2 saturated carbocycles. The van der Waals surface area contributed by atoms with E-state index in [0.29, 0.717) is 18.6 Å². The standard InChI is InChI=1S/C16H27N3OS/c1-12-10-15(19(2)18-12)21-9-7-13-4-3-8-16(13,11-20)17-14-5-6-14/h10,13-14,17,20H,3-9,11H2,1-2H3. The fraction of sp³-hybridized carbons (Fsp3) is 0.812. The Morgan fingerprint density at radius 2 is 2.29 bits per heavy atom. The SMILES string of the molecule is Cc1cc(SCCC2CCCC2(CO)NC2CC2)n(C)n1. The minimum atomic E-state index is 0.00407. The van der Waals surface area contributed by atoms with Crippen LogP contribution in [0.15, 0.2) is 11.1 Å².